The number of ketones is 1. The second-order valence-corrected chi connectivity index (χ2v) is 10.1. The fourth-order valence-electron chi connectivity index (χ4n) is 3.18. The molecular weight excluding hydrogens is 556 g/mol. The first-order valence-electron chi connectivity index (χ1n) is 11.9. The Morgan fingerprint density at radius 1 is 0.974 bits per heavy atom. The molecule has 1 N–H and O–H groups in total. The maximum Gasteiger partial charge on any atom is 0.530 e. The molecule has 0 spiro atoms. The molecular formula is C26H32Cl2NO8P. The monoisotopic (exact) mass is 587 g/mol. The second-order valence-electron chi connectivity index (χ2n) is 7.77. The molecule has 0 heterocycles. The number of allylic oxidation sites excluding steroid dienone is 1. The zero-order valence-corrected chi connectivity index (χ0v) is 24.2. The number of carbonyl (C=O) groups is 2. The van der Waals surface area contributed by atoms with E-state index in [2.05, 4.69) is 11.9 Å². The molecule has 2 aromatic rings. The van der Waals surface area contributed by atoms with Crippen LogP contribution in [0.1, 0.15) is 43.1 Å². The van der Waals surface area contributed by atoms with Crippen LogP contribution in [0, 0.1) is 0 Å². The van der Waals surface area contributed by atoms with Gasteiger partial charge in [-0.2, -0.15) is 0 Å². The molecule has 208 valence electrons. The minimum Gasteiger partial charge on any atom is -0.493 e. The molecule has 0 unspecified atom stereocenters. The van der Waals surface area contributed by atoms with Crippen molar-refractivity contribution >= 4 is 42.7 Å². The molecule has 2 aromatic carbocycles. The Morgan fingerprint density at radius 2 is 1.63 bits per heavy atom. The summed E-state index contributed by atoms with van der Waals surface area (Å²) in [7, 11) is -2.32. The third-order valence-corrected chi connectivity index (χ3v) is 7.58. The van der Waals surface area contributed by atoms with E-state index in [1.165, 1.54) is 19.2 Å². The van der Waals surface area contributed by atoms with Crippen LogP contribution in [-0.4, -0.2) is 45.2 Å². The number of hydrogen-bond donors (Lipinski definition) is 1. The number of carbonyl (C=O) groups excluding carboxylic acids is 2. The smallest absolute Gasteiger partial charge is 0.493 e. The van der Waals surface area contributed by atoms with Gasteiger partial charge in [-0.3, -0.25) is 18.6 Å². The minimum absolute atomic E-state index is 0.0434. The van der Waals surface area contributed by atoms with Crippen molar-refractivity contribution in [3.63, 3.8) is 0 Å². The normalized spacial score (nSPS) is 11.1. The summed E-state index contributed by atoms with van der Waals surface area (Å²) in [5.41, 5.74) is 1.47. The maximum atomic E-state index is 12.7. The summed E-state index contributed by atoms with van der Waals surface area (Å²) in [5.74, 6) is 0.0617. The van der Waals surface area contributed by atoms with Crippen molar-refractivity contribution in [2.24, 2.45) is 0 Å². The number of nitrogens with one attached hydrogen (secondary N) is 1. The highest BCUT2D eigenvalue weighted by atomic mass is 35.5. The van der Waals surface area contributed by atoms with Gasteiger partial charge in [0.2, 0.25) is 0 Å². The third-order valence-electron chi connectivity index (χ3n) is 5.15. The number of amides is 1. The molecule has 0 bridgehead atoms. The minimum atomic E-state index is -3.77. The SMILES string of the molecule is C=C(CC)C(=O)c1ccc(OCC(=O)NCCc2ccc(OP(=O)(OCC)OCC)c(OC)c2)c(Cl)c1Cl. The van der Waals surface area contributed by atoms with E-state index in [1.807, 2.05) is 6.92 Å². The van der Waals surface area contributed by atoms with Crippen molar-refractivity contribution in [2.75, 3.05) is 33.5 Å². The lowest BCUT2D eigenvalue weighted by Crippen LogP contribution is -2.30. The van der Waals surface area contributed by atoms with Crippen molar-refractivity contribution in [3.05, 3.63) is 63.7 Å². The van der Waals surface area contributed by atoms with E-state index in [0.717, 1.165) is 5.56 Å². The van der Waals surface area contributed by atoms with Gasteiger partial charge in [0.1, 0.15) is 10.8 Å². The average molecular weight is 588 g/mol. The quantitative estimate of drug-likeness (QED) is 0.135. The summed E-state index contributed by atoms with van der Waals surface area (Å²) < 4.78 is 39.3. The Bertz CT molecular complexity index is 1190. The van der Waals surface area contributed by atoms with Crippen molar-refractivity contribution < 1.29 is 37.2 Å². The van der Waals surface area contributed by atoms with Crippen molar-refractivity contribution in [2.45, 2.75) is 33.6 Å². The Hall–Kier alpha value is -2.55. The Balaban J connectivity index is 1.93. The van der Waals surface area contributed by atoms with E-state index in [4.69, 9.17) is 46.2 Å². The summed E-state index contributed by atoms with van der Waals surface area (Å²) in [4.78, 5) is 24.6. The van der Waals surface area contributed by atoms with E-state index < -0.39 is 7.82 Å². The summed E-state index contributed by atoms with van der Waals surface area (Å²) >= 11 is 12.5. The average Bonchev–Trinajstić information content (AvgIpc) is 2.89. The molecule has 0 atom stereocenters. The highest BCUT2D eigenvalue weighted by molar-refractivity contribution is 7.48. The van der Waals surface area contributed by atoms with Crippen LogP contribution < -0.4 is 19.3 Å². The van der Waals surface area contributed by atoms with E-state index in [9.17, 15) is 14.2 Å². The van der Waals surface area contributed by atoms with Gasteiger partial charge in [0, 0.05) is 12.1 Å². The van der Waals surface area contributed by atoms with Gasteiger partial charge in [-0.25, -0.2) is 4.57 Å². The fraction of sp³-hybridized carbons (Fsp3) is 0.385. The molecule has 0 fully saturated rings. The maximum absolute atomic E-state index is 12.7. The first-order valence-corrected chi connectivity index (χ1v) is 14.2. The second kappa shape index (κ2) is 15.1. The zero-order chi connectivity index (χ0) is 28.3. The number of phosphoric ester groups is 1. The van der Waals surface area contributed by atoms with Crippen molar-refractivity contribution in [3.8, 4) is 17.2 Å². The van der Waals surface area contributed by atoms with E-state index in [-0.39, 0.29) is 58.6 Å². The lowest BCUT2D eigenvalue weighted by atomic mass is 10.0. The molecule has 38 heavy (non-hydrogen) atoms. The first kappa shape index (κ1) is 31.7. The molecule has 0 aliphatic rings. The molecule has 9 nitrogen and oxygen atoms in total. The highest BCUT2D eigenvalue weighted by Gasteiger charge is 2.29. The Kier molecular flexibility index (Phi) is 12.6. The van der Waals surface area contributed by atoms with Gasteiger partial charge in [-0.1, -0.05) is 42.8 Å². The van der Waals surface area contributed by atoms with E-state index >= 15 is 0 Å². The fourth-order valence-corrected chi connectivity index (χ4v) is 4.85. The van der Waals surface area contributed by atoms with Gasteiger partial charge < -0.3 is 19.3 Å². The summed E-state index contributed by atoms with van der Waals surface area (Å²) in [5, 5.41) is 2.84. The molecule has 0 aliphatic carbocycles. The number of phosphoric acid groups is 1. The van der Waals surface area contributed by atoms with Crippen LogP contribution in [0.15, 0.2) is 42.5 Å². The number of hydrogen-bond acceptors (Lipinski definition) is 8. The number of Topliss-reactive ketones (excluding diaryl/α,β-unsaturated/α-hetero) is 1. The van der Waals surface area contributed by atoms with Gasteiger partial charge in [-0.05, 0) is 62.1 Å². The topological polar surface area (TPSA) is 109 Å². The van der Waals surface area contributed by atoms with Crippen LogP contribution in [-0.2, 0) is 24.8 Å². The largest absolute Gasteiger partial charge is 0.530 e. The summed E-state index contributed by atoms with van der Waals surface area (Å²) in [6.45, 7) is 9.22. The predicted molar refractivity (Wildman–Crippen MR) is 147 cm³/mol. The number of ether oxygens (including phenoxy) is 2. The van der Waals surface area contributed by atoms with E-state index in [1.54, 1.807) is 32.0 Å². The number of benzene rings is 2. The molecule has 1 amide bonds. The van der Waals surface area contributed by atoms with Crippen LogP contribution in [0.4, 0.5) is 0 Å². The third kappa shape index (κ3) is 8.75. The number of halogens is 2. The molecule has 12 heteroatoms. The van der Waals surface area contributed by atoms with Crippen LogP contribution in [0.3, 0.4) is 0 Å². The number of rotatable bonds is 16. The Morgan fingerprint density at radius 3 is 2.24 bits per heavy atom. The molecule has 0 radical (unpaired) electrons. The van der Waals surface area contributed by atoms with Crippen LogP contribution >= 0.6 is 31.0 Å². The molecule has 0 aromatic heterocycles. The first-order chi connectivity index (χ1) is 18.1. The molecule has 2 rings (SSSR count). The summed E-state index contributed by atoms with van der Waals surface area (Å²) in [6, 6.07) is 8.04. The lowest BCUT2D eigenvalue weighted by Gasteiger charge is -2.19. The predicted octanol–water partition coefficient (Wildman–Crippen LogP) is 6.45. The van der Waals surface area contributed by atoms with E-state index in [0.29, 0.717) is 30.7 Å². The van der Waals surface area contributed by atoms with Crippen LogP contribution in [0.5, 0.6) is 17.2 Å². The molecule has 0 saturated carbocycles. The van der Waals surface area contributed by atoms with Gasteiger partial charge in [-0.15, -0.1) is 0 Å². The van der Waals surface area contributed by atoms with Gasteiger partial charge >= 0.3 is 7.82 Å². The van der Waals surface area contributed by atoms with Gasteiger partial charge in [0.25, 0.3) is 5.91 Å². The standard InChI is InChI=1S/C26H32Cl2NO8P/c1-6-17(4)26(31)19-10-12-21(25(28)24(19)27)34-16-23(30)29-14-13-18-9-11-20(22(15-18)33-5)37-38(32,35-7-2)36-8-3/h9-12,15H,4,6-8,13-14,16H2,1-3,5H3,(H,29,30). The van der Waals surface area contributed by atoms with Crippen LogP contribution in [0.2, 0.25) is 10.0 Å². The van der Waals surface area contributed by atoms with Gasteiger partial charge in [0.15, 0.2) is 23.9 Å². The molecule has 0 saturated heterocycles. The van der Waals surface area contributed by atoms with Gasteiger partial charge in [0.05, 0.1) is 25.3 Å². The summed E-state index contributed by atoms with van der Waals surface area (Å²) in [6.07, 6.45) is 0.960. The van der Waals surface area contributed by atoms with Crippen LogP contribution in [0.25, 0.3) is 0 Å². The lowest BCUT2D eigenvalue weighted by molar-refractivity contribution is -0.123. The van der Waals surface area contributed by atoms with Crippen molar-refractivity contribution in [1.29, 1.82) is 0 Å². The highest BCUT2D eigenvalue weighted by Crippen LogP contribution is 2.51. The molecule has 0 aliphatic heterocycles. The number of methoxy groups -OCH3 is 1. The zero-order valence-electron chi connectivity index (χ0n) is 21.8. The Labute approximate surface area is 233 Å². The van der Waals surface area contributed by atoms with Crippen molar-refractivity contribution in [1.82, 2.24) is 5.32 Å².